The highest BCUT2D eigenvalue weighted by molar-refractivity contribution is 7.16. The Kier molecular flexibility index (Phi) is 6.86. The third kappa shape index (κ3) is 5.56. The highest BCUT2D eigenvalue weighted by Crippen LogP contribution is 2.30. The molecule has 0 fully saturated rings. The molecule has 0 aliphatic rings. The lowest BCUT2D eigenvalue weighted by Crippen LogP contribution is -2.13. The van der Waals surface area contributed by atoms with Gasteiger partial charge in [-0.05, 0) is 60.5 Å². The van der Waals surface area contributed by atoms with Crippen molar-refractivity contribution >= 4 is 52.2 Å². The van der Waals surface area contributed by atoms with Crippen molar-refractivity contribution in [1.29, 1.82) is 0 Å². The van der Waals surface area contributed by atoms with Crippen molar-refractivity contribution in [3.8, 4) is 10.4 Å². The summed E-state index contributed by atoms with van der Waals surface area (Å²) in [6.45, 7) is 3.66. The quantitative estimate of drug-likeness (QED) is 0.451. The summed E-state index contributed by atoms with van der Waals surface area (Å²) in [5, 5.41) is 6.41. The van der Waals surface area contributed by atoms with E-state index in [1.807, 2.05) is 55.5 Å². The van der Waals surface area contributed by atoms with Crippen LogP contribution >= 0.6 is 22.9 Å². The van der Waals surface area contributed by atoms with Gasteiger partial charge in [-0.1, -0.05) is 36.7 Å². The fourth-order valence-corrected chi connectivity index (χ4v) is 3.73. The second-order valence-corrected chi connectivity index (χ2v) is 7.96. The second kappa shape index (κ2) is 9.54. The maximum Gasteiger partial charge on any atom is 0.248 e. The van der Waals surface area contributed by atoms with Crippen LogP contribution in [0.5, 0.6) is 0 Å². The van der Waals surface area contributed by atoms with Crippen LogP contribution in [0, 0.1) is 6.92 Å². The van der Waals surface area contributed by atoms with Crippen molar-refractivity contribution in [3.05, 3.63) is 76.1 Å². The molecule has 2 amide bonds. The Hall–Kier alpha value is -2.89. The van der Waals surface area contributed by atoms with Gasteiger partial charge in [-0.15, -0.1) is 11.3 Å². The molecule has 2 N–H and O–H groups in total. The van der Waals surface area contributed by atoms with Gasteiger partial charge in [0, 0.05) is 38.6 Å². The van der Waals surface area contributed by atoms with E-state index in [9.17, 15) is 9.59 Å². The molecule has 6 heteroatoms. The molecule has 2 aromatic carbocycles. The number of carbonyl (C=O) groups excluding carboxylic acids is 2. The Balaban J connectivity index is 1.67. The first kappa shape index (κ1) is 20.8. The molecule has 1 aromatic heterocycles. The van der Waals surface area contributed by atoms with E-state index < -0.39 is 0 Å². The van der Waals surface area contributed by atoms with E-state index in [-0.39, 0.29) is 11.8 Å². The second-order valence-electron chi connectivity index (χ2n) is 6.41. The Bertz CT molecular complexity index is 1050. The predicted octanol–water partition coefficient (Wildman–Crippen LogP) is 6.38. The minimum Gasteiger partial charge on any atom is -0.326 e. The van der Waals surface area contributed by atoms with Crippen molar-refractivity contribution in [2.75, 3.05) is 10.6 Å². The Morgan fingerprint density at radius 3 is 2.38 bits per heavy atom. The molecule has 4 nitrogen and oxygen atoms in total. The van der Waals surface area contributed by atoms with Gasteiger partial charge in [-0.25, -0.2) is 0 Å². The van der Waals surface area contributed by atoms with Crippen molar-refractivity contribution in [2.24, 2.45) is 0 Å². The van der Waals surface area contributed by atoms with Crippen LogP contribution in [-0.2, 0) is 9.59 Å². The van der Waals surface area contributed by atoms with Crippen LogP contribution in [0.2, 0.25) is 5.02 Å². The standard InChI is InChI=1S/C23H21ClN2O2S/c1-3-22(27)25-19-5-4-6-20(15(19)2)26-23(28)14-12-18-11-13-21(29-18)16-7-9-17(24)10-8-16/h4-14H,3H2,1-2H3,(H,25,27)(H,26,28)/b14-12+. The smallest absolute Gasteiger partial charge is 0.248 e. The minimum absolute atomic E-state index is 0.0642. The molecule has 0 saturated heterocycles. The van der Waals surface area contributed by atoms with Crippen LogP contribution in [0.3, 0.4) is 0 Å². The summed E-state index contributed by atoms with van der Waals surface area (Å²) in [5.74, 6) is -0.292. The zero-order chi connectivity index (χ0) is 20.8. The molecule has 0 aliphatic carbocycles. The van der Waals surface area contributed by atoms with Gasteiger partial charge in [0.2, 0.25) is 11.8 Å². The van der Waals surface area contributed by atoms with Crippen LogP contribution in [0.1, 0.15) is 23.8 Å². The minimum atomic E-state index is -0.228. The van der Waals surface area contributed by atoms with Gasteiger partial charge < -0.3 is 10.6 Å². The maximum absolute atomic E-state index is 12.3. The van der Waals surface area contributed by atoms with Gasteiger partial charge in [-0.2, -0.15) is 0 Å². The molecule has 148 valence electrons. The number of halogens is 1. The van der Waals surface area contributed by atoms with Crippen LogP contribution in [0.15, 0.2) is 60.7 Å². The van der Waals surface area contributed by atoms with E-state index in [1.165, 1.54) is 6.08 Å². The van der Waals surface area contributed by atoms with E-state index in [1.54, 1.807) is 30.4 Å². The van der Waals surface area contributed by atoms with E-state index >= 15 is 0 Å². The summed E-state index contributed by atoms with van der Waals surface area (Å²) < 4.78 is 0. The summed E-state index contributed by atoms with van der Waals surface area (Å²) in [7, 11) is 0. The number of rotatable bonds is 6. The monoisotopic (exact) mass is 424 g/mol. The molecule has 1 heterocycles. The van der Waals surface area contributed by atoms with Gasteiger partial charge in [0.15, 0.2) is 0 Å². The molecule has 0 spiro atoms. The summed E-state index contributed by atoms with van der Waals surface area (Å²) in [4.78, 5) is 26.1. The highest BCUT2D eigenvalue weighted by atomic mass is 35.5. The van der Waals surface area contributed by atoms with Gasteiger partial charge in [-0.3, -0.25) is 9.59 Å². The molecule has 29 heavy (non-hydrogen) atoms. The average molecular weight is 425 g/mol. The molecule has 3 aromatic rings. The van der Waals surface area contributed by atoms with E-state index in [4.69, 9.17) is 11.6 Å². The summed E-state index contributed by atoms with van der Waals surface area (Å²) in [6.07, 6.45) is 3.70. The third-order valence-corrected chi connectivity index (χ3v) is 5.69. The lowest BCUT2D eigenvalue weighted by molar-refractivity contribution is -0.116. The fraction of sp³-hybridized carbons (Fsp3) is 0.130. The van der Waals surface area contributed by atoms with Gasteiger partial charge in [0.25, 0.3) is 0 Å². The molecule has 0 bridgehead atoms. The molecular formula is C23H21ClN2O2S. The van der Waals surface area contributed by atoms with Gasteiger partial charge in [0.05, 0.1) is 0 Å². The molecule has 0 saturated carbocycles. The SMILES string of the molecule is CCC(=O)Nc1cccc(NC(=O)/C=C/c2ccc(-c3ccc(Cl)cc3)s2)c1C. The van der Waals surface area contributed by atoms with E-state index in [0.29, 0.717) is 22.8 Å². The number of hydrogen-bond donors (Lipinski definition) is 2. The Labute approximate surface area is 179 Å². The Morgan fingerprint density at radius 2 is 1.69 bits per heavy atom. The zero-order valence-corrected chi connectivity index (χ0v) is 17.7. The lowest BCUT2D eigenvalue weighted by Gasteiger charge is -2.12. The molecule has 0 radical (unpaired) electrons. The van der Waals surface area contributed by atoms with Gasteiger partial charge >= 0.3 is 0 Å². The largest absolute Gasteiger partial charge is 0.326 e. The molecule has 0 aliphatic heterocycles. The van der Waals surface area contributed by atoms with Crippen molar-refractivity contribution in [3.63, 3.8) is 0 Å². The van der Waals surface area contributed by atoms with Gasteiger partial charge in [0.1, 0.15) is 0 Å². The summed E-state index contributed by atoms with van der Waals surface area (Å²) in [6, 6.07) is 17.1. The van der Waals surface area contributed by atoms with Crippen molar-refractivity contribution in [2.45, 2.75) is 20.3 Å². The normalized spacial score (nSPS) is 10.9. The van der Waals surface area contributed by atoms with E-state index in [0.717, 1.165) is 20.9 Å². The summed E-state index contributed by atoms with van der Waals surface area (Å²) >= 11 is 7.53. The first-order valence-electron chi connectivity index (χ1n) is 9.20. The fourth-order valence-electron chi connectivity index (χ4n) is 2.69. The molecule has 0 unspecified atom stereocenters. The number of thiophene rings is 1. The molecule has 3 rings (SSSR count). The summed E-state index contributed by atoms with van der Waals surface area (Å²) in [5.41, 5.74) is 3.27. The average Bonchev–Trinajstić information content (AvgIpc) is 3.19. The molecular weight excluding hydrogens is 404 g/mol. The van der Waals surface area contributed by atoms with Crippen molar-refractivity contribution in [1.82, 2.24) is 0 Å². The molecule has 0 atom stereocenters. The number of anilines is 2. The Morgan fingerprint density at radius 1 is 1.00 bits per heavy atom. The number of nitrogens with one attached hydrogen (secondary N) is 2. The van der Waals surface area contributed by atoms with E-state index in [2.05, 4.69) is 10.6 Å². The van der Waals surface area contributed by atoms with Crippen LogP contribution in [0.25, 0.3) is 16.5 Å². The number of hydrogen-bond acceptors (Lipinski definition) is 3. The van der Waals surface area contributed by atoms with Crippen LogP contribution in [0.4, 0.5) is 11.4 Å². The first-order chi connectivity index (χ1) is 14.0. The maximum atomic E-state index is 12.3. The number of amides is 2. The highest BCUT2D eigenvalue weighted by Gasteiger charge is 2.08. The van der Waals surface area contributed by atoms with Crippen LogP contribution < -0.4 is 10.6 Å². The lowest BCUT2D eigenvalue weighted by atomic mass is 10.1. The first-order valence-corrected chi connectivity index (χ1v) is 10.4. The van der Waals surface area contributed by atoms with Crippen molar-refractivity contribution < 1.29 is 9.59 Å². The zero-order valence-electron chi connectivity index (χ0n) is 16.2. The number of carbonyl (C=O) groups is 2. The number of benzene rings is 2. The predicted molar refractivity (Wildman–Crippen MR) is 123 cm³/mol. The third-order valence-electron chi connectivity index (χ3n) is 4.34. The van der Waals surface area contributed by atoms with Crippen LogP contribution in [-0.4, -0.2) is 11.8 Å². The topological polar surface area (TPSA) is 58.2 Å².